The Morgan fingerprint density at radius 2 is 2.05 bits per heavy atom. The minimum absolute atomic E-state index is 0.147. The first-order chi connectivity index (χ1) is 17.7. The monoisotopic (exact) mass is 509 g/mol. The Bertz CT molecular complexity index is 1390. The summed E-state index contributed by atoms with van der Waals surface area (Å²) in [5.74, 6) is -0.461. The van der Waals surface area contributed by atoms with E-state index in [-0.39, 0.29) is 35.1 Å². The number of aromatic hydroxyl groups is 1. The average molecular weight is 510 g/mol. The Morgan fingerprint density at radius 1 is 1.24 bits per heavy atom. The normalized spacial score (nSPS) is 27.2. The molecule has 3 aromatic rings. The molecule has 3 fully saturated rings. The van der Waals surface area contributed by atoms with E-state index in [0.717, 1.165) is 42.9 Å². The summed E-state index contributed by atoms with van der Waals surface area (Å²) in [7, 11) is 1.41. The van der Waals surface area contributed by atoms with Gasteiger partial charge in [0.05, 0.1) is 12.2 Å². The molecule has 2 N–H and O–H groups in total. The first kappa shape index (κ1) is 23.9. The molecule has 0 unspecified atom stereocenters. The Balaban J connectivity index is 1.28. The Hall–Kier alpha value is -3.47. The summed E-state index contributed by atoms with van der Waals surface area (Å²) < 4.78 is 31.2. The summed E-state index contributed by atoms with van der Waals surface area (Å²) in [5, 5.41) is 22.8. The van der Waals surface area contributed by atoms with Gasteiger partial charge in [0.25, 0.3) is 0 Å². The number of anilines is 1. The van der Waals surface area contributed by atoms with Gasteiger partial charge in [-0.2, -0.15) is 4.98 Å². The van der Waals surface area contributed by atoms with Crippen LogP contribution in [0.4, 0.5) is 14.7 Å². The van der Waals surface area contributed by atoms with E-state index in [1.165, 1.54) is 19.3 Å². The molecule has 3 aliphatic rings. The zero-order chi connectivity index (χ0) is 25.9. The second-order valence-corrected chi connectivity index (χ2v) is 10.7. The van der Waals surface area contributed by atoms with E-state index in [1.54, 1.807) is 12.1 Å². The maximum absolute atomic E-state index is 15.8. The van der Waals surface area contributed by atoms with Crippen molar-refractivity contribution in [2.24, 2.45) is 7.05 Å². The van der Waals surface area contributed by atoms with Gasteiger partial charge in [-0.1, -0.05) is 6.07 Å². The Kier molecular flexibility index (Phi) is 5.70. The lowest BCUT2D eigenvalue weighted by Crippen LogP contribution is -2.69. The van der Waals surface area contributed by atoms with Crippen molar-refractivity contribution >= 4 is 5.95 Å². The number of nitrogens with zero attached hydrogens (tertiary/aromatic N) is 6. The van der Waals surface area contributed by atoms with Crippen molar-refractivity contribution in [2.45, 2.75) is 75.3 Å². The maximum atomic E-state index is 15.8. The molecule has 0 radical (unpaired) electrons. The number of hydrogen-bond acceptors (Lipinski definition) is 8. The standard InChI is InChI=1S/C26H29F2N7O2/c1-26-9-3-4-15(31-26)11-20(23(26)28)35(16-6-7-16)24-29-12-19(32-33-24)17-8-5-14(10-21(17)36)22-18(27)13-34(2)25(37)30-22/h5,8,10,12-13,15-16,20,23,31,36H,3-4,6-7,9,11H2,1-2H3/t15-,20-,23-,26+/m0/s1. The minimum atomic E-state index is -1.05. The molecule has 9 nitrogen and oxygen atoms in total. The van der Waals surface area contributed by atoms with Gasteiger partial charge >= 0.3 is 5.69 Å². The van der Waals surface area contributed by atoms with Gasteiger partial charge in [0.15, 0.2) is 5.82 Å². The number of phenolic OH excluding ortho intramolecular Hbond substituents is 1. The minimum Gasteiger partial charge on any atom is -0.507 e. The van der Waals surface area contributed by atoms with Crippen molar-refractivity contribution in [3.05, 3.63) is 46.9 Å². The zero-order valence-electron chi connectivity index (χ0n) is 20.7. The zero-order valence-corrected chi connectivity index (χ0v) is 20.7. The molecule has 0 amide bonds. The van der Waals surface area contributed by atoms with Crippen molar-refractivity contribution in [3.63, 3.8) is 0 Å². The number of fused-ring (bicyclic) bond motifs is 2. The quantitative estimate of drug-likeness (QED) is 0.540. The second kappa shape index (κ2) is 8.83. The van der Waals surface area contributed by atoms with Crippen LogP contribution in [0.25, 0.3) is 22.5 Å². The maximum Gasteiger partial charge on any atom is 0.348 e. The highest BCUT2D eigenvalue weighted by molar-refractivity contribution is 5.72. The van der Waals surface area contributed by atoms with E-state index in [0.29, 0.717) is 23.6 Å². The van der Waals surface area contributed by atoms with Crippen molar-refractivity contribution < 1.29 is 13.9 Å². The van der Waals surface area contributed by atoms with Gasteiger partial charge in [0.1, 0.15) is 23.3 Å². The van der Waals surface area contributed by atoms with E-state index in [1.807, 2.05) is 11.8 Å². The fourth-order valence-electron chi connectivity index (χ4n) is 5.87. The summed E-state index contributed by atoms with van der Waals surface area (Å²) in [6, 6.07) is 4.60. The number of aromatic nitrogens is 5. The third-order valence-electron chi connectivity index (χ3n) is 7.92. The molecule has 6 rings (SSSR count). The molecule has 1 aromatic carbocycles. The van der Waals surface area contributed by atoms with Gasteiger partial charge in [-0.25, -0.2) is 18.6 Å². The molecule has 0 spiro atoms. The van der Waals surface area contributed by atoms with Gasteiger partial charge in [0.2, 0.25) is 5.95 Å². The number of rotatable bonds is 5. The summed E-state index contributed by atoms with van der Waals surface area (Å²) in [6.07, 6.45) is 7.04. The van der Waals surface area contributed by atoms with Crippen LogP contribution < -0.4 is 15.9 Å². The molecule has 2 aliphatic heterocycles. The average Bonchev–Trinajstić information content (AvgIpc) is 3.70. The predicted molar refractivity (Wildman–Crippen MR) is 133 cm³/mol. The number of hydrogen-bond donors (Lipinski definition) is 2. The Morgan fingerprint density at radius 3 is 2.76 bits per heavy atom. The summed E-state index contributed by atoms with van der Waals surface area (Å²) >= 11 is 0. The van der Waals surface area contributed by atoms with Crippen molar-refractivity contribution in [3.8, 4) is 28.3 Å². The van der Waals surface area contributed by atoms with Crippen LogP contribution in [0.1, 0.15) is 45.4 Å². The number of nitrogens with one attached hydrogen (secondary N) is 1. The third-order valence-corrected chi connectivity index (χ3v) is 7.92. The van der Waals surface area contributed by atoms with Gasteiger partial charge in [0, 0.05) is 42.0 Å². The van der Waals surface area contributed by atoms with Crippen molar-refractivity contribution in [1.82, 2.24) is 30.0 Å². The van der Waals surface area contributed by atoms with Gasteiger partial charge in [-0.3, -0.25) is 4.57 Å². The Labute approximate surface area is 212 Å². The number of aryl methyl sites for hydroxylation is 1. The van der Waals surface area contributed by atoms with Crippen LogP contribution in [0.5, 0.6) is 5.75 Å². The molecule has 1 aliphatic carbocycles. The van der Waals surface area contributed by atoms with Crippen LogP contribution in [-0.4, -0.2) is 59.7 Å². The molecule has 4 heterocycles. The highest BCUT2D eigenvalue weighted by atomic mass is 19.1. The molecule has 194 valence electrons. The smallest absolute Gasteiger partial charge is 0.348 e. The lowest BCUT2D eigenvalue weighted by atomic mass is 9.73. The molecular weight excluding hydrogens is 480 g/mol. The molecule has 1 saturated carbocycles. The van der Waals surface area contributed by atoms with E-state index >= 15 is 4.39 Å². The van der Waals surface area contributed by atoms with Crippen molar-refractivity contribution in [1.29, 1.82) is 0 Å². The van der Waals surface area contributed by atoms with Crippen LogP contribution in [0, 0.1) is 5.82 Å². The number of piperidine rings is 2. The summed E-state index contributed by atoms with van der Waals surface area (Å²) in [5.41, 5.74) is -0.361. The second-order valence-electron chi connectivity index (χ2n) is 10.7. The molecule has 2 aromatic heterocycles. The molecule has 4 atom stereocenters. The van der Waals surface area contributed by atoms with E-state index < -0.39 is 23.2 Å². The van der Waals surface area contributed by atoms with Crippen LogP contribution in [0.3, 0.4) is 0 Å². The van der Waals surface area contributed by atoms with Crippen molar-refractivity contribution in [2.75, 3.05) is 4.90 Å². The third kappa shape index (κ3) is 4.24. The molecule has 2 saturated heterocycles. The largest absolute Gasteiger partial charge is 0.507 e. The lowest BCUT2D eigenvalue weighted by molar-refractivity contribution is 0.0383. The highest BCUT2D eigenvalue weighted by Crippen LogP contribution is 2.42. The SMILES string of the molecule is Cn1cc(F)c(-c2ccc(-c3cnc(N(C4CC4)[C@H]4C[C@@H]5CCC[C@@](C)(N5)[C@H]4F)nn3)c(O)c2)nc1=O. The van der Waals surface area contributed by atoms with Gasteiger partial charge < -0.3 is 15.3 Å². The van der Waals surface area contributed by atoms with E-state index in [9.17, 15) is 14.3 Å². The highest BCUT2D eigenvalue weighted by Gasteiger charge is 2.52. The van der Waals surface area contributed by atoms with Crippen LogP contribution in [-0.2, 0) is 7.05 Å². The van der Waals surface area contributed by atoms with Crippen LogP contribution in [0.15, 0.2) is 35.4 Å². The van der Waals surface area contributed by atoms with E-state index in [2.05, 4.69) is 25.5 Å². The first-order valence-corrected chi connectivity index (χ1v) is 12.7. The predicted octanol–water partition coefficient (Wildman–Crippen LogP) is 3.12. The summed E-state index contributed by atoms with van der Waals surface area (Å²) in [4.78, 5) is 22.2. The van der Waals surface area contributed by atoms with Crippen LogP contribution >= 0.6 is 0 Å². The number of halogens is 2. The van der Waals surface area contributed by atoms with E-state index in [4.69, 9.17) is 0 Å². The molecule has 2 bridgehead atoms. The molecule has 37 heavy (non-hydrogen) atoms. The van der Waals surface area contributed by atoms with Crippen LogP contribution in [0.2, 0.25) is 0 Å². The molecule has 11 heteroatoms. The first-order valence-electron chi connectivity index (χ1n) is 12.7. The number of alkyl halides is 1. The number of phenols is 1. The fraction of sp³-hybridized carbons (Fsp3) is 0.500. The number of benzene rings is 1. The van der Waals surface area contributed by atoms with Gasteiger partial charge in [-0.15, -0.1) is 10.2 Å². The topological polar surface area (TPSA) is 109 Å². The summed E-state index contributed by atoms with van der Waals surface area (Å²) in [6.45, 7) is 1.98. The molecular formula is C26H29F2N7O2. The lowest BCUT2D eigenvalue weighted by Gasteiger charge is -2.52. The van der Waals surface area contributed by atoms with Gasteiger partial charge in [-0.05, 0) is 57.6 Å². The fourth-order valence-corrected chi connectivity index (χ4v) is 5.87.